The Morgan fingerprint density at radius 3 is 1.62 bits per heavy atom. The number of para-hydroxylation sites is 1. The zero-order chi connectivity index (χ0) is 29.2. The topological polar surface area (TPSA) is 77.3 Å². The number of rotatable bonds is 7. The molecule has 0 N–H and O–H groups in total. The number of ketones is 2. The number of carbonyl (C=O) groups is 2. The van der Waals surface area contributed by atoms with Gasteiger partial charge in [-0.3, -0.25) is 19.7 Å². The van der Waals surface area contributed by atoms with Crippen molar-refractivity contribution in [2.45, 2.75) is 0 Å². The van der Waals surface area contributed by atoms with Gasteiger partial charge in [0.15, 0.2) is 11.6 Å². The minimum atomic E-state index is -0.583. The Bertz CT molecular complexity index is 1620. The highest BCUT2D eigenvalue weighted by Gasteiger charge is 2.16. The molecule has 4 rings (SSSR count). The maximum atomic E-state index is 12.0. The standard InChI is InChI=1S/C15H9Cl3O.C15H9Cl2NO3/c16-12-5-3-11(4-6-12)15(19)8-2-10-1-7-13(17)14(18)9-10;16-12-7-5-10(9-13(12)17)6-8-15(19)11-3-1-2-4-14(11)18(20)21/h1-9H;1-9H/b8-2+;8-6+. The smallest absolute Gasteiger partial charge is 0.280 e. The average Bonchev–Trinajstić information content (AvgIpc) is 2.94. The van der Waals surface area contributed by atoms with Crippen molar-refractivity contribution >= 4 is 87.4 Å². The SMILES string of the molecule is O=C(/C=C/c1ccc(Cl)c(Cl)c1)c1ccc(Cl)cc1.O=C(/C=C/c1ccc(Cl)c(Cl)c1)c1ccccc1[N+](=O)[O-]. The molecule has 0 aliphatic rings. The van der Waals surface area contributed by atoms with Crippen molar-refractivity contribution in [3.63, 3.8) is 0 Å². The Balaban J connectivity index is 0.000000222. The zero-order valence-electron chi connectivity index (χ0n) is 20.4. The number of nitro groups is 1. The number of allylic oxidation sites excluding steroid dienone is 2. The summed E-state index contributed by atoms with van der Waals surface area (Å²) in [6.07, 6.45) is 5.98. The van der Waals surface area contributed by atoms with Gasteiger partial charge in [-0.2, -0.15) is 0 Å². The molecule has 4 aromatic carbocycles. The number of benzene rings is 4. The van der Waals surface area contributed by atoms with Crippen molar-refractivity contribution in [1.82, 2.24) is 0 Å². The Kier molecular flexibility index (Phi) is 11.5. The molecule has 5 nitrogen and oxygen atoms in total. The molecule has 0 aliphatic heterocycles. The first kappa shape index (κ1) is 31.1. The second-order valence-electron chi connectivity index (χ2n) is 8.02. The van der Waals surface area contributed by atoms with E-state index in [4.69, 9.17) is 58.0 Å². The fourth-order valence-electron chi connectivity index (χ4n) is 3.22. The van der Waals surface area contributed by atoms with Crippen LogP contribution in [0.1, 0.15) is 31.8 Å². The summed E-state index contributed by atoms with van der Waals surface area (Å²) in [7, 11) is 0. The lowest BCUT2D eigenvalue weighted by molar-refractivity contribution is -0.385. The summed E-state index contributed by atoms with van der Waals surface area (Å²) >= 11 is 29.2. The van der Waals surface area contributed by atoms with E-state index in [1.54, 1.807) is 72.8 Å². The van der Waals surface area contributed by atoms with Gasteiger partial charge in [-0.15, -0.1) is 0 Å². The maximum absolute atomic E-state index is 12.0. The highest BCUT2D eigenvalue weighted by molar-refractivity contribution is 6.42. The van der Waals surface area contributed by atoms with Crippen molar-refractivity contribution in [1.29, 1.82) is 0 Å². The third kappa shape index (κ3) is 9.05. The summed E-state index contributed by atoms with van der Waals surface area (Å²) in [6.45, 7) is 0. The molecule has 0 heterocycles. The van der Waals surface area contributed by atoms with Gasteiger partial charge in [0, 0.05) is 16.7 Å². The number of nitro benzene ring substituents is 1. The van der Waals surface area contributed by atoms with Crippen LogP contribution in [0.5, 0.6) is 0 Å². The fourth-order valence-corrected chi connectivity index (χ4v) is 3.96. The molecule has 0 saturated carbocycles. The Morgan fingerprint density at radius 1 is 0.625 bits per heavy atom. The number of hydrogen-bond donors (Lipinski definition) is 0. The van der Waals surface area contributed by atoms with Crippen molar-refractivity contribution in [2.24, 2.45) is 0 Å². The minimum absolute atomic E-state index is 0.0406. The van der Waals surface area contributed by atoms with Crippen LogP contribution >= 0.6 is 58.0 Å². The fraction of sp³-hybridized carbons (Fsp3) is 0. The average molecular weight is 634 g/mol. The van der Waals surface area contributed by atoms with Crippen LogP contribution in [0.2, 0.25) is 25.1 Å². The molecule has 0 amide bonds. The number of nitrogens with zero attached hydrogens (tertiary/aromatic N) is 1. The van der Waals surface area contributed by atoms with E-state index in [1.165, 1.54) is 36.4 Å². The molecule has 0 atom stereocenters. The molecule has 202 valence electrons. The molecule has 4 aromatic rings. The largest absolute Gasteiger partial charge is 0.289 e. The summed E-state index contributed by atoms with van der Waals surface area (Å²) in [5.41, 5.74) is 1.90. The van der Waals surface area contributed by atoms with Gasteiger partial charge in [0.05, 0.1) is 30.6 Å². The van der Waals surface area contributed by atoms with E-state index < -0.39 is 10.7 Å². The molecular weight excluding hydrogens is 616 g/mol. The lowest BCUT2D eigenvalue weighted by atomic mass is 10.1. The highest BCUT2D eigenvalue weighted by atomic mass is 35.5. The summed E-state index contributed by atoms with van der Waals surface area (Å²) in [5.74, 6) is -0.545. The van der Waals surface area contributed by atoms with Crippen LogP contribution in [0.3, 0.4) is 0 Å². The molecule has 0 aliphatic carbocycles. The van der Waals surface area contributed by atoms with Gasteiger partial charge >= 0.3 is 0 Å². The van der Waals surface area contributed by atoms with Crippen LogP contribution < -0.4 is 0 Å². The Morgan fingerprint density at radius 2 is 1.12 bits per heavy atom. The van der Waals surface area contributed by atoms with Crippen molar-refractivity contribution in [3.05, 3.63) is 155 Å². The quantitative estimate of drug-likeness (QED) is 0.0878. The van der Waals surface area contributed by atoms with E-state index >= 15 is 0 Å². The molecule has 10 heteroatoms. The molecule has 0 unspecified atom stereocenters. The molecule has 0 fully saturated rings. The lowest BCUT2D eigenvalue weighted by Crippen LogP contribution is -2.00. The van der Waals surface area contributed by atoms with E-state index in [0.717, 1.165) is 5.56 Å². The van der Waals surface area contributed by atoms with Gasteiger partial charge in [-0.25, -0.2) is 0 Å². The van der Waals surface area contributed by atoms with Gasteiger partial charge in [0.1, 0.15) is 0 Å². The molecule has 0 spiro atoms. The predicted molar refractivity (Wildman–Crippen MR) is 164 cm³/mol. The second kappa shape index (κ2) is 14.8. The molecule has 0 aromatic heterocycles. The van der Waals surface area contributed by atoms with Crippen molar-refractivity contribution in [3.8, 4) is 0 Å². The molecule has 0 saturated heterocycles. The van der Waals surface area contributed by atoms with Crippen LogP contribution in [-0.4, -0.2) is 16.5 Å². The van der Waals surface area contributed by atoms with E-state index in [-0.39, 0.29) is 17.0 Å². The second-order valence-corrected chi connectivity index (χ2v) is 10.1. The summed E-state index contributed by atoms with van der Waals surface area (Å²) in [4.78, 5) is 34.2. The normalized spacial score (nSPS) is 10.8. The van der Waals surface area contributed by atoms with E-state index in [9.17, 15) is 19.7 Å². The summed E-state index contributed by atoms with van der Waals surface area (Å²) < 4.78 is 0. The van der Waals surface area contributed by atoms with Gasteiger partial charge in [-0.05, 0) is 77.9 Å². The number of hydrogen-bond acceptors (Lipinski definition) is 4. The van der Waals surface area contributed by atoms with Crippen molar-refractivity contribution in [2.75, 3.05) is 0 Å². The zero-order valence-corrected chi connectivity index (χ0v) is 24.1. The third-order valence-electron chi connectivity index (χ3n) is 5.24. The molecule has 40 heavy (non-hydrogen) atoms. The number of halogens is 5. The first-order chi connectivity index (χ1) is 19.0. The van der Waals surface area contributed by atoms with Crippen molar-refractivity contribution < 1.29 is 14.5 Å². The maximum Gasteiger partial charge on any atom is 0.280 e. The predicted octanol–water partition coefficient (Wildman–Crippen LogP) is 10.3. The van der Waals surface area contributed by atoms with Gasteiger partial charge in [0.2, 0.25) is 0 Å². The minimum Gasteiger partial charge on any atom is -0.289 e. The number of carbonyl (C=O) groups excluding carboxylic acids is 2. The lowest BCUT2D eigenvalue weighted by Gasteiger charge is -1.99. The first-order valence-electron chi connectivity index (χ1n) is 11.4. The van der Waals surface area contributed by atoms with E-state index in [2.05, 4.69) is 0 Å². The summed E-state index contributed by atoms with van der Waals surface area (Å²) in [6, 6.07) is 22.6. The first-order valence-corrected chi connectivity index (χ1v) is 13.3. The van der Waals surface area contributed by atoms with Crippen LogP contribution in [0.15, 0.2) is 97.1 Å². The molecule has 0 bridgehead atoms. The van der Waals surface area contributed by atoms with Crippen LogP contribution in [0.25, 0.3) is 12.2 Å². The Hall–Kier alpha value is -3.45. The van der Waals surface area contributed by atoms with Gasteiger partial charge in [-0.1, -0.05) is 94.4 Å². The highest BCUT2D eigenvalue weighted by Crippen LogP contribution is 2.25. The molecular formula is C30H18Cl5NO4. The third-order valence-corrected chi connectivity index (χ3v) is 6.97. The monoisotopic (exact) mass is 631 g/mol. The van der Waals surface area contributed by atoms with E-state index in [0.29, 0.717) is 36.2 Å². The van der Waals surface area contributed by atoms with Crippen LogP contribution in [-0.2, 0) is 0 Å². The van der Waals surface area contributed by atoms with E-state index in [1.807, 2.05) is 0 Å². The summed E-state index contributed by atoms with van der Waals surface area (Å²) in [5, 5.41) is 13.2. The van der Waals surface area contributed by atoms with Gasteiger partial charge < -0.3 is 0 Å². The molecule has 0 radical (unpaired) electrons. The Labute approximate surface area is 255 Å². The van der Waals surface area contributed by atoms with Gasteiger partial charge in [0.25, 0.3) is 5.69 Å². The van der Waals surface area contributed by atoms with Crippen LogP contribution in [0.4, 0.5) is 5.69 Å². The van der Waals surface area contributed by atoms with Crippen LogP contribution in [0, 0.1) is 10.1 Å².